The summed E-state index contributed by atoms with van der Waals surface area (Å²) in [5.74, 6) is -0.0775. The Bertz CT molecular complexity index is 240. The summed E-state index contributed by atoms with van der Waals surface area (Å²) in [5.41, 5.74) is 0. The second-order valence-corrected chi connectivity index (χ2v) is 6.11. The molecule has 0 aromatic carbocycles. The summed E-state index contributed by atoms with van der Waals surface area (Å²) in [6, 6.07) is 0.389. The summed E-state index contributed by atoms with van der Waals surface area (Å²) in [6.07, 6.45) is 8.98. The van der Waals surface area contributed by atoms with Gasteiger partial charge in [-0.2, -0.15) is 11.8 Å². The van der Waals surface area contributed by atoms with Crippen molar-refractivity contribution in [2.45, 2.75) is 69.7 Å². The first-order chi connectivity index (χ1) is 8.71. The van der Waals surface area contributed by atoms with Crippen molar-refractivity contribution in [3.8, 4) is 0 Å². The van der Waals surface area contributed by atoms with Crippen molar-refractivity contribution < 1.29 is 9.53 Å². The monoisotopic (exact) mass is 273 g/mol. The number of carbonyl (C=O) groups is 1. The lowest BCUT2D eigenvalue weighted by atomic mass is 9.94. The Morgan fingerprint density at radius 1 is 1.33 bits per heavy atom. The Morgan fingerprint density at radius 3 is 2.50 bits per heavy atom. The summed E-state index contributed by atoms with van der Waals surface area (Å²) in [7, 11) is 0. The van der Waals surface area contributed by atoms with Crippen LogP contribution in [0.1, 0.15) is 52.4 Å². The smallest absolute Gasteiger partial charge is 0.323 e. The average molecular weight is 273 g/mol. The largest absolute Gasteiger partial charge is 0.465 e. The number of rotatable bonds is 7. The molecule has 106 valence electrons. The zero-order valence-corrected chi connectivity index (χ0v) is 12.7. The number of thioether (sulfide) groups is 1. The zero-order valence-electron chi connectivity index (χ0n) is 11.9. The third-order valence-electron chi connectivity index (χ3n) is 3.59. The van der Waals surface area contributed by atoms with Crippen molar-refractivity contribution in [3.63, 3.8) is 0 Å². The molecule has 18 heavy (non-hydrogen) atoms. The molecule has 1 aliphatic rings. The fraction of sp³-hybridized carbons (Fsp3) is 0.929. The minimum absolute atomic E-state index is 0.0775. The third-order valence-corrected chi connectivity index (χ3v) is 4.73. The van der Waals surface area contributed by atoms with Crippen molar-refractivity contribution >= 4 is 17.7 Å². The number of nitrogens with one attached hydrogen (secondary N) is 1. The van der Waals surface area contributed by atoms with Crippen LogP contribution in [-0.4, -0.2) is 36.2 Å². The van der Waals surface area contributed by atoms with Gasteiger partial charge in [0.25, 0.3) is 0 Å². The fourth-order valence-electron chi connectivity index (χ4n) is 2.55. The first-order valence-corrected chi connectivity index (χ1v) is 8.45. The van der Waals surface area contributed by atoms with Crippen molar-refractivity contribution in [1.82, 2.24) is 5.32 Å². The number of esters is 1. The van der Waals surface area contributed by atoms with Gasteiger partial charge in [0.05, 0.1) is 6.61 Å². The zero-order chi connectivity index (χ0) is 13.4. The first-order valence-electron chi connectivity index (χ1n) is 7.16. The lowest BCUT2D eigenvalue weighted by molar-refractivity contribution is -0.146. The molecule has 0 aliphatic heterocycles. The lowest BCUT2D eigenvalue weighted by Gasteiger charge is -2.30. The molecule has 0 bridgehead atoms. The quantitative estimate of drug-likeness (QED) is 0.724. The van der Waals surface area contributed by atoms with E-state index in [-0.39, 0.29) is 12.0 Å². The standard InChI is InChI=1S/C14H27NO2S/c1-4-6-13(14(16)17-5-2)15-11-7-9-12(18-3)10-8-11/h11-13,15H,4-10H2,1-3H3. The third kappa shape index (κ3) is 5.19. The van der Waals surface area contributed by atoms with Gasteiger partial charge < -0.3 is 10.1 Å². The summed E-state index contributed by atoms with van der Waals surface area (Å²) in [6.45, 7) is 4.45. The molecule has 0 saturated heterocycles. The number of carbonyl (C=O) groups excluding carboxylic acids is 1. The van der Waals surface area contributed by atoms with Crippen LogP contribution in [0, 0.1) is 0 Å². The molecule has 1 saturated carbocycles. The molecule has 1 fully saturated rings. The molecule has 1 rings (SSSR count). The molecule has 4 heteroatoms. The van der Waals surface area contributed by atoms with Crippen LogP contribution in [0.5, 0.6) is 0 Å². The van der Waals surface area contributed by atoms with Gasteiger partial charge in [0.1, 0.15) is 6.04 Å². The number of hydrogen-bond donors (Lipinski definition) is 1. The molecule has 3 nitrogen and oxygen atoms in total. The van der Waals surface area contributed by atoms with Gasteiger partial charge in [0.2, 0.25) is 0 Å². The Hall–Kier alpha value is -0.220. The van der Waals surface area contributed by atoms with E-state index in [1.54, 1.807) is 0 Å². The predicted molar refractivity (Wildman–Crippen MR) is 78.0 cm³/mol. The van der Waals surface area contributed by atoms with Crippen molar-refractivity contribution in [2.24, 2.45) is 0 Å². The molecule has 0 spiro atoms. The Balaban J connectivity index is 2.39. The molecule has 0 radical (unpaired) electrons. The van der Waals surface area contributed by atoms with E-state index in [4.69, 9.17) is 4.74 Å². The summed E-state index contributed by atoms with van der Waals surface area (Å²) >= 11 is 1.97. The molecule has 1 unspecified atom stereocenters. The highest BCUT2D eigenvalue weighted by Crippen LogP contribution is 2.27. The highest BCUT2D eigenvalue weighted by molar-refractivity contribution is 7.99. The highest BCUT2D eigenvalue weighted by atomic mass is 32.2. The molecular weight excluding hydrogens is 246 g/mol. The van der Waals surface area contributed by atoms with Crippen LogP contribution in [0.4, 0.5) is 0 Å². The minimum atomic E-state index is -0.106. The summed E-state index contributed by atoms with van der Waals surface area (Å²) in [5, 5.41) is 4.32. The van der Waals surface area contributed by atoms with Crippen LogP contribution in [0.3, 0.4) is 0 Å². The molecule has 1 atom stereocenters. The highest BCUT2D eigenvalue weighted by Gasteiger charge is 2.26. The maximum Gasteiger partial charge on any atom is 0.323 e. The summed E-state index contributed by atoms with van der Waals surface area (Å²) in [4.78, 5) is 11.8. The van der Waals surface area contributed by atoms with E-state index >= 15 is 0 Å². The first kappa shape index (κ1) is 15.8. The molecule has 0 aromatic rings. The van der Waals surface area contributed by atoms with E-state index < -0.39 is 0 Å². The van der Waals surface area contributed by atoms with Gasteiger partial charge in [-0.3, -0.25) is 4.79 Å². The Labute approximate surface area is 115 Å². The molecule has 0 heterocycles. The number of hydrogen-bond acceptors (Lipinski definition) is 4. The van der Waals surface area contributed by atoms with Gasteiger partial charge in [0, 0.05) is 11.3 Å². The molecule has 0 amide bonds. The van der Waals surface area contributed by atoms with E-state index in [0.717, 1.165) is 18.1 Å². The summed E-state index contributed by atoms with van der Waals surface area (Å²) < 4.78 is 5.13. The Morgan fingerprint density at radius 2 is 2.00 bits per heavy atom. The van der Waals surface area contributed by atoms with Crippen molar-refractivity contribution in [1.29, 1.82) is 0 Å². The van der Waals surface area contributed by atoms with Crippen LogP contribution in [-0.2, 0) is 9.53 Å². The molecule has 1 N–H and O–H groups in total. The van der Waals surface area contributed by atoms with Crippen molar-refractivity contribution in [2.75, 3.05) is 12.9 Å². The molecule has 0 aromatic heterocycles. The normalized spacial score (nSPS) is 25.7. The van der Waals surface area contributed by atoms with Crippen LogP contribution < -0.4 is 5.32 Å². The van der Waals surface area contributed by atoms with Gasteiger partial charge in [-0.05, 0) is 45.3 Å². The van der Waals surface area contributed by atoms with Crippen LogP contribution in [0.25, 0.3) is 0 Å². The van der Waals surface area contributed by atoms with E-state index in [2.05, 4.69) is 18.5 Å². The minimum Gasteiger partial charge on any atom is -0.465 e. The fourth-order valence-corrected chi connectivity index (χ4v) is 3.29. The second-order valence-electron chi connectivity index (χ2n) is 4.97. The second kappa shape index (κ2) is 8.81. The Kier molecular flexibility index (Phi) is 7.75. The SMILES string of the molecule is CCCC(NC1CCC(SC)CC1)C(=O)OCC. The van der Waals surface area contributed by atoms with E-state index in [0.29, 0.717) is 12.6 Å². The van der Waals surface area contributed by atoms with E-state index in [1.807, 2.05) is 18.7 Å². The van der Waals surface area contributed by atoms with Crippen molar-refractivity contribution in [3.05, 3.63) is 0 Å². The molecular formula is C14H27NO2S. The van der Waals surface area contributed by atoms with Gasteiger partial charge in [0.15, 0.2) is 0 Å². The van der Waals surface area contributed by atoms with Crippen LogP contribution in [0.15, 0.2) is 0 Å². The van der Waals surface area contributed by atoms with Gasteiger partial charge in [-0.25, -0.2) is 0 Å². The van der Waals surface area contributed by atoms with Crippen LogP contribution in [0.2, 0.25) is 0 Å². The van der Waals surface area contributed by atoms with E-state index in [1.165, 1.54) is 25.7 Å². The lowest BCUT2D eigenvalue weighted by Crippen LogP contribution is -2.45. The average Bonchev–Trinajstić information content (AvgIpc) is 2.39. The maximum atomic E-state index is 11.8. The van der Waals surface area contributed by atoms with Gasteiger partial charge >= 0.3 is 5.97 Å². The number of ether oxygens (including phenoxy) is 1. The van der Waals surface area contributed by atoms with Gasteiger partial charge in [-0.15, -0.1) is 0 Å². The predicted octanol–water partition coefficient (Wildman–Crippen LogP) is 2.98. The van der Waals surface area contributed by atoms with E-state index in [9.17, 15) is 4.79 Å². The maximum absolute atomic E-state index is 11.8. The van der Waals surface area contributed by atoms with Gasteiger partial charge in [-0.1, -0.05) is 13.3 Å². The molecule has 1 aliphatic carbocycles. The topological polar surface area (TPSA) is 38.3 Å². The van der Waals surface area contributed by atoms with Crippen LogP contribution >= 0.6 is 11.8 Å².